The third-order valence-corrected chi connectivity index (χ3v) is 5.94. The molecular weight excluding hydrogens is 416 g/mol. The van der Waals surface area contributed by atoms with E-state index < -0.39 is 16.1 Å². The summed E-state index contributed by atoms with van der Waals surface area (Å²) < 4.78 is 36.4. The number of sulfonamides is 1. The van der Waals surface area contributed by atoms with Crippen LogP contribution in [-0.4, -0.2) is 46.9 Å². The predicted octanol–water partition coefficient (Wildman–Crippen LogP) is 2.62. The lowest BCUT2D eigenvalue weighted by atomic mass is 10.1. The number of hydrogen-bond donors (Lipinski definition) is 1. The molecule has 0 aliphatic carbocycles. The predicted molar refractivity (Wildman–Crippen MR) is 112 cm³/mol. The second-order valence-electron chi connectivity index (χ2n) is 6.76. The van der Waals surface area contributed by atoms with E-state index in [-0.39, 0.29) is 12.5 Å². The Hall–Kier alpha value is -2.45. The zero-order valence-corrected chi connectivity index (χ0v) is 17.8. The molecule has 2 aromatic rings. The fraction of sp³-hybridized carbons (Fsp3) is 0.350. The highest BCUT2D eigenvalue weighted by Gasteiger charge is 2.35. The second-order valence-corrected chi connectivity index (χ2v) is 9.10. The number of carbonyl (C=O) groups is 1. The molecule has 7 nitrogen and oxygen atoms in total. The van der Waals surface area contributed by atoms with E-state index in [4.69, 9.17) is 21.1 Å². The number of ether oxygens (including phenoxy) is 2. The molecule has 0 bridgehead atoms. The Kier molecular flexibility index (Phi) is 6.54. The lowest BCUT2D eigenvalue weighted by Crippen LogP contribution is -2.50. The third kappa shape index (κ3) is 5.33. The number of nitrogens with zero attached hydrogens (tertiary/aromatic N) is 1. The maximum absolute atomic E-state index is 12.6. The van der Waals surface area contributed by atoms with Crippen LogP contribution >= 0.6 is 11.6 Å². The van der Waals surface area contributed by atoms with Gasteiger partial charge in [-0.2, -0.15) is 0 Å². The van der Waals surface area contributed by atoms with Crippen LogP contribution in [0.3, 0.4) is 0 Å². The number of aryl methyl sites for hydroxylation is 1. The van der Waals surface area contributed by atoms with Gasteiger partial charge in [0.05, 0.1) is 25.6 Å². The van der Waals surface area contributed by atoms with Crippen LogP contribution in [0.15, 0.2) is 42.5 Å². The summed E-state index contributed by atoms with van der Waals surface area (Å²) in [6, 6.07) is 12.4. The van der Waals surface area contributed by atoms with Crippen molar-refractivity contribution in [3.63, 3.8) is 0 Å². The second kappa shape index (κ2) is 8.92. The summed E-state index contributed by atoms with van der Waals surface area (Å²) in [4.78, 5) is 12.6. The number of fused-ring (bicyclic) bond motifs is 1. The number of rotatable bonds is 7. The van der Waals surface area contributed by atoms with Crippen molar-refractivity contribution in [2.45, 2.75) is 18.9 Å². The van der Waals surface area contributed by atoms with Gasteiger partial charge in [0.2, 0.25) is 10.0 Å². The Morgan fingerprint density at radius 2 is 2.10 bits per heavy atom. The molecule has 0 radical (unpaired) electrons. The maximum atomic E-state index is 12.6. The molecule has 1 aliphatic rings. The first-order chi connectivity index (χ1) is 13.8. The first kappa shape index (κ1) is 21.3. The monoisotopic (exact) mass is 438 g/mol. The van der Waals surface area contributed by atoms with Gasteiger partial charge < -0.3 is 14.8 Å². The minimum absolute atomic E-state index is 0.103. The van der Waals surface area contributed by atoms with E-state index in [1.807, 2.05) is 24.3 Å². The molecule has 0 aromatic heterocycles. The first-order valence-corrected chi connectivity index (χ1v) is 11.3. The summed E-state index contributed by atoms with van der Waals surface area (Å²) >= 11 is 5.98. The Bertz CT molecular complexity index is 996. The normalized spacial score (nSPS) is 16.0. The minimum Gasteiger partial charge on any atom is -0.497 e. The van der Waals surface area contributed by atoms with E-state index in [9.17, 15) is 13.2 Å². The van der Waals surface area contributed by atoms with Crippen LogP contribution < -0.4 is 19.1 Å². The molecule has 156 valence electrons. The molecule has 1 amide bonds. The molecule has 3 rings (SSSR count). The highest BCUT2D eigenvalue weighted by atomic mass is 35.5. The van der Waals surface area contributed by atoms with Crippen LogP contribution in [0, 0.1) is 0 Å². The highest BCUT2D eigenvalue weighted by Crippen LogP contribution is 2.37. The van der Waals surface area contributed by atoms with Gasteiger partial charge in [0.1, 0.15) is 11.5 Å². The molecule has 1 aliphatic heterocycles. The number of nitrogens with one attached hydrogen (secondary N) is 1. The van der Waals surface area contributed by atoms with E-state index in [0.717, 1.165) is 34.7 Å². The van der Waals surface area contributed by atoms with E-state index in [0.29, 0.717) is 23.0 Å². The summed E-state index contributed by atoms with van der Waals surface area (Å²) in [6.45, 7) is 0.343. The van der Waals surface area contributed by atoms with Crippen molar-refractivity contribution >= 4 is 33.2 Å². The molecule has 0 unspecified atom stereocenters. The zero-order valence-electron chi connectivity index (χ0n) is 16.2. The fourth-order valence-electron chi connectivity index (χ4n) is 3.12. The summed E-state index contributed by atoms with van der Waals surface area (Å²) in [5.41, 5.74) is 1.45. The SMILES string of the molecule is COc1cccc(CCCNC(=O)[C@H]2CN(S(C)(=O)=O)c3cc(Cl)ccc3O2)c1. The zero-order chi connectivity index (χ0) is 21.0. The number of halogens is 1. The van der Waals surface area contributed by atoms with Gasteiger partial charge in [-0.3, -0.25) is 9.10 Å². The maximum Gasteiger partial charge on any atom is 0.263 e. The summed E-state index contributed by atoms with van der Waals surface area (Å²) in [5.74, 6) is 0.745. The van der Waals surface area contributed by atoms with Crippen LogP contribution in [0.1, 0.15) is 12.0 Å². The Morgan fingerprint density at radius 1 is 1.31 bits per heavy atom. The standard InChI is InChI=1S/C20H23ClN2O5S/c1-27-16-7-3-5-14(11-16)6-4-10-22-20(24)19-13-23(29(2,25)26)17-12-15(21)8-9-18(17)28-19/h3,5,7-9,11-12,19H,4,6,10,13H2,1-2H3,(H,22,24)/t19-/m1/s1. The first-order valence-electron chi connectivity index (χ1n) is 9.12. The molecular formula is C20H23ClN2O5S. The lowest BCUT2D eigenvalue weighted by Gasteiger charge is -2.34. The van der Waals surface area contributed by atoms with Crippen molar-refractivity contribution in [1.82, 2.24) is 5.32 Å². The van der Waals surface area contributed by atoms with Crippen LogP contribution in [-0.2, 0) is 21.2 Å². The molecule has 1 atom stereocenters. The van der Waals surface area contributed by atoms with Crippen molar-refractivity contribution in [2.75, 3.05) is 30.8 Å². The number of carbonyl (C=O) groups excluding carboxylic acids is 1. The van der Waals surface area contributed by atoms with E-state index in [1.165, 1.54) is 6.07 Å². The molecule has 29 heavy (non-hydrogen) atoms. The van der Waals surface area contributed by atoms with Crippen LogP contribution in [0.25, 0.3) is 0 Å². The van der Waals surface area contributed by atoms with Crippen LogP contribution in [0.4, 0.5) is 5.69 Å². The minimum atomic E-state index is -3.59. The van der Waals surface area contributed by atoms with Crippen LogP contribution in [0.2, 0.25) is 5.02 Å². The quantitative estimate of drug-likeness (QED) is 0.672. The van der Waals surface area contributed by atoms with Gasteiger partial charge >= 0.3 is 0 Å². The molecule has 1 N–H and O–H groups in total. The fourth-order valence-corrected chi connectivity index (χ4v) is 4.19. The largest absolute Gasteiger partial charge is 0.497 e. The smallest absolute Gasteiger partial charge is 0.263 e. The van der Waals surface area contributed by atoms with Gasteiger partial charge in [-0.25, -0.2) is 8.42 Å². The Balaban J connectivity index is 1.60. The number of hydrogen-bond acceptors (Lipinski definition) is 5. The average molecular weight is 439 g/mol. The van der Waals surface area contributed by atoms with Gasteiger partial charge in [-0.1, -0.05) is 23.7 Å². The van der Waals surface area contributed by atoms with Gasteiger partial charge in [-0.05, 0) is 48.7 Å². The molecule has 9 heteroatoms. The molecule has 0 fully saturated rings. The molecule has 1 heterocycles. The summed E-state index contributed by atoms with van der Waals surface area (Å²) in [6.07, 6.45) is 1.66. The van der Waals surface area contributed by atoms with Crippen molar-refractivity contribution in [3.8, 4) is 11.5 Å². The van der Waals surface area contributed by atoms with Crippen molar-refractivity contribution in [1.29, 1.82) is 0 Å². The van der Waals surface area contributed by atoms with Crippen molar-refractivity contribution < 1.29 is 22.7 Å². The van der Waals surface area contributed by atoms with E-state index >= 15 is 0 Å². The Labute approximate surface area is 175 Å². The third-order valence-electron chi connectivity index (χ3n) is 4.56. The lowest BCUT2D eigenvalue weighted by molar-refractivity contribution is -0.127. The van der Waals surface area contributed by atoms with E-state index in [1.54, 1.807) is 19.2 Å². The molecule has 0 spiro atoms. The van der Waals surface area contributed by atoms with Gasteiger partial charge in [0.15, 0.2) is 6.10 Å². The molecule has 2 aromatic carbocycles. The van der Waals surface area contributed by atoms with Gasteiger partial charge in [0.25, 0.3) is 5.91 Å². The van der Waals surface area contributed by atoms with Gasteiger partial charge in [-0.15, -0.1) is 0 Å². The van der Waals surface area contributed by atoms with Crippen LogP contribution in [0.5, 0.6) is 11.5 Å². The van der Waals surface area contributed by atoms with Crippen molar-refractivity contribution in [3.05, 3.63) is 53.1 Å². The molecule has 0 saturated carbocycles. The number of anilines is 1. The average Bonchev–Trinajstić information content (AvgIpc) is 2.69. The topological polar surface area (TPSA) is 84.9 Å². The van der Waals surface area contributed by atoms with Crippen molar-refractivity contribution in [2.24, 2.45) is 0 Å². The number of benzene rings is 2. The van der Waals surface area contributed by atoms with E-state index in [2.05, 4.69) is 5.32 Å². The number of methoxy groups -OCH3 is 1. The van der Waals surface area contributed by atoms with Gasteiger partial charge in [0, 0.05) is 11.6 Å². The highest BCUT2D eigenvalue weighted by molar-refractivity contribution is 7.92. The molecule has 0 saturated heterocycles. The number of amides is 1. The summed E-state index contributed by atoms with van der Waals surface area (Å²) in [5, 5.41) is 3.21. The summed E-state index contributed by atoms with van der Waals surface area (Å²) in [7, 11) is -1.97. The Morgan fingerprint density at radius 3 is 2.83 bits per heavy atom.